The Bertz CT molecular complexity index is 1200. The highest BCUT2D eigenvalue weighted by Crippen LogP contribution is 2.68. The van der Waals surface area contributed by atoms with Gasteiger partial charge >= 0.3 is 10.8 Å². The zero-order chi connectivity index (χ0) is 21.6. The highest BCUT2D eigenvalue weighted by atomic mass is 32.2. The van der Waals surface area contributed by atoms with Gasteiger partial charge in [-0.1, -0.05) is 29.5 Å². The maximum Gasteiger partial charge on any atom is 0.323 e. The van der Waals surface area contributed by atoms with Crippen LogP contribution in [0.1, 0.15) is 22.8 Å². The lowest BCUT2D eigenvalue weighted by atomic mass is 9.68. The van der Waals surface area contributed by atoms with E-state index in [1.54, 1.807) is 23.9 Å². The molecular weight excluding hydrogens is 440 g/mol. The summed E-state index contributed by atoms with van der Waals surface area (Å²) in [5.74, 6) is -3.29. The molecule has 2 bridgehead atoms. The van der Waals surface area contributed by atoms with Crippen LogP contribution in [0, 0.1) is 29.6 Å². The van der Waals surface area contributed by atoms with E-state index in [9.17, 15) is 24.3 Å². The van der Waals surface area contributed by atoms with Crippen LogP contribution in [0.3, 0.4) is 0 Å². The standard InChI is InChI=1S/C21H18N2O6S2/c24-10-4-2-1-3-7(10)12-13-8-5-9(16(13)30-18-17(12)31-21(29)22-18)15-14(8)19(27)23(20(15)28)6-11(25)26/h1-4,8-9,12-16,24H,5-6H2,(H,22,29)(H,25,26)/t8-,9+,12-,13+,14+,15+,16-/m1/s1. The van der Waals surface area contributed by atoms with Crippen molar-refractivity contribution < 1.29 is 24.6 Å². The minimum absolute atomic E-state index is 0.00938. The van der Waals surface area contributed by atoms with Gasteiger partial charge in [-0.05, 0) is 30.2 Å². The highest BCUT2D eigenvalue weighted by molar-refractivity contribution is 8.00. The number of carboxylic acid groups (broad SMARTS) is 1. The van der Waals surface area contributed by atoms with Crippen LogP contribution in [0.15, 0.2) is 34.1 Å². The Hall–Kier alpha value is -2.59. The molecule has 3 heterocycles. The fourth-order valence-electron chi connectivity index (χ4n) is 6.47. The third kappa shape index (κ3) is 2.48. The number of rotatable bonds is 3. The van der Waals surface area contributed by atoms with Crippen LogP contribution in [0.25, 0.3) is 0 Å². The number of aromatic amines is 1. The van der Waals surface area contributed by atoms with Gasteiger partial charge in [-0.2, -0.15) is 0 Å². The maximum atomic E-state index is 13.1. The van der Waals surface area contributed by atoms with E-state index >= 15 is 0 Å². The molecule has 4 aliphatic rings. The number of aliphatic carboxylic acids is 1. The first kappa shape index (κ1) is 19.1. The van der Waals surface area contributed by atoms with Crippen LogP contribution in [0.2, 0.25) is 0 Å². The molecule has 1 aromatic carbocycles. The molecule has 2 aliphatic heterocycles. The summed E-state index contributed by atoms with van der Waals surface area (Å²) in [4.78, 5) is 54.0. The molecule has 2 aromatic rings. The molecule has 7 atom stereocenters. The van der Waals surface area contributed by atoms with Gasteiger partial charge in [0.25, 0.3) is 0 Å². The summed E-state index contributed by atoms with van der Waals surface area (Å²) in [5.41, 5.74) is 0.720. The number of aromatic nitrogens is 1. The van der Waals surface area contributed by atoms with E-state index in [4.69, 9.17) is 5.11 Å². The SMILES string of the molecule is O=C(O)CN1C(=O)[C@H]2[C@@H]3C[C@@H]([C@@H]2C1=O)[C@H]1[C@@H](c2ccccc2O)c2sc(=O)[nH]c2S[C@H]31. The van der Waals surface area contributed by atoms with Crippen molar-refractivity contribution in [2.24, 2.45) is 29.6 Å². The fourth-order valence-corrected chi connectivity index (χ4v) is 9.35. The van der Waals surface area contributed by atoms with Gasteiger partial charge in [-0.25, -0.2) is 0 Å². The predicted molar refractivity (Wildman–Crippen MR) is 111 cm³/mol. The second-order valence-electron chi connectivity index (χ2n) is 8.68. The van der Waals surface area contributed by atoms with Crippen molar-refractivity contribution in [2.75, 3.05) is 6.54 Å². The topological polar surface area (TPSA) is 128 Å². The molecule has 1 aromatic heterocycles. The molecule has 2 aliphatic carbocycles. The molecule has 160 valence electrons. The molecule has 6 rings (SSSR count). The number of para-hydroxylation sites is 1. The van der Waals surface area contributed by atoms with E-state index in [0.29, 0.717) is 0 Å². The number of nitrogens with zero attached hydrogens (tertiary/aromatic N) is 1. The number of imide groups is 1. The quantitative estimate of drug-likeness (QED) is 0.597. The number of thioether (sulfide) groups is 1. The summed E-state index contributed by atoms with van der Waals surface area (Å²) in [7, 11) is 0. The van der Waals surface area contributed by atoms with Crippen molar-refractivity contribution in [1.29, 1.82) is 0 Å². The molecule has 10 heteroatoms. The Morgan fingerprint density at radius 1 is 1.13 bits per heavy atom. The van der Waals surface area contributed by atoms with Crippen LogP contribution < -0.4 is 4.87 Å². The first-order chi connectivity index (χ1) is 14.9. The van der Waals surface area contributed by atoms with Crippen molar-refractivity contribution in [1.82, 2.24) is 9.88 Å². The van der Waals surface area contributed by atoms with Crippen LogP contribution in [-0.4, -0.2) is 49.7 Å². The number of nitrogens with one attached hydrogen (secondary N) is 1. The van der Waals surface area contributed by atoms with Gasteiger partial charge in [-0.3, -0.25) is 24.1 Å². The monoisotopic (exact) mass is 458 g/mol. The van der Waals surface area contributed by atoms with Gasteiger partial charge in [0.2, 0.25) is 11.8 Å². The van der Waals surface area contributed by atoms with Crippen molar-refractivity contribution in [3.63, 3.8) is 0 Å². The molecule has 2 amide bonds. The van der Waals surface area contributed by atoms with Crippen LogP contribution in [0.5, 0.6) is 5.75 Å². The maximum absolute atomic E-state index is 13.1. The third-order valence-electron chi connectivity index (χ3n) is 7.38. The minimum Gasteiger partial charge on any atom is -0.508 e. The molecule has 1 saturated heterocycles. The lowest BCUT2D eigenvalue weighted by Gasteiger charge is -2.43. The summed E-state index contributed by atoms with van der Waals surface area (Å²) in [6.45, 7) is -0.601. The summed E-state index contributed by atoms with van der Waals surface area (Å²) < 4.78 is 0. The molecule has 0 radical (unpaired) electrons. The number of amides is 2. The average Bonchev–Trinajstić information content (AvgIpc) is 3.44. The number of carbonyl (C=O) groups is 3. The van der Waals surface area contributed by atoms with Gasteiger partial charge in [0.15, 0.2) is 0 Å². The van der Waals surface area contributed by atoms with E-state index < -0.39 is 30.3 Å². The van der Waals surface area contributed by atoms with Gasteiger partial charge < -0.3 is 15.2 Å². The number of benzene rings is 1. The number of fused-ring (bicyclic) bond motifs is 9. The number of phenols is 1. The lowest BCUT2D eigenvalue weighted by Crippen LogP contribution is -2.42. The van der Waals surface area contributed by atoms with Crippen LogP contribution in [0.4, 0.5) is 0 Å². The Balaban J connectivity index is 1.47. The van der Waals surface area contributed by atoms with E-state index in [2.05, 4.69) is 4.98 Å². The Morgan fingerprint density at radius 2 is 1.84 bits per heavy atom. The smallest absolute Gasteiger partial charge is 0.323 e. The van der Waals surface area contributed by atoms with Gasteiger partial charge in [-0.15, -0.1) is 11.8 Å². The first-order valence-corrected chi connectivity index (χ1v) is 11.8. The van der Waals surface area contributed by atoms with Crippen molar-refractivity contribution in [3.05, 3.63) is 44.4 Å². The van der Waals surface area contributed by atoms with E-state index in [1.807, 2.05) is 12.1 Å². The van der Waals surface area contributed by atoms with Crippen LogP contribution in [-0.2, 0) is 14.4 Å². The van der Waals surface area contributed by atoms with Gasteiger partial charge in [0.1, 0.15) is 12.3 Å². The van der Waals surface area contributed by atoms with E-state index in [0.717, 1.165) is 38.1 Å². The zero-order valence-electron chi connectivity index (χ0n) is 16.1. The summed E-state index contributed by atoms with van der Waals surface area (Å²) in [6.07, 6.45) is 0.722. The molecular formula is C21H18N2O6S2. The number of thiazole rings is 1. The van der Waals surface area contributed by atoms with E-state index in [-0.39, 0.29) is 45.5 Å². The van der Waals surface area contributed by atoms with Crippen molar-refractivity contribution in [2.45, 2.75) is 22.6 Å². The number of hydrogen-bond donors (Lipinski definition) is 3. The second-order valence-corrected chi connectivity index (χ2v) is 10.9. The zero-order valence-corrected chi connectivity index (χ0v) is 17.7. The predicted octanol–water partition coefficient (Wildman–Crippen LogP) is 1.70. The fraction of sp³-hybridized carbons (Fsp3) is 0.429. The van der Waals surface area contributed by atoms with Crippen LogP contribution >= 0.6 is 23.1 Å². The Labute approximate surface area is 184 Å². The Morgan fingerprint density at radius 3 is 2.55 bits per heavy atom. The number of likely N-dealkylation sites (tertiary alicyclic amines) is 1. The molecule has 8 nitrogen and oxygen atoms in total. The molecule has 0 unspecified atom stereocenters. The van der Waals surface area contributed by atoms with E-state index in [1.165, 1.54) is 0 Å². The largest absolute Gasteiger partial charge is 0.508 e. The third-order valence-corrected chi connectivity index (χ3v) is 9.97. The summed E-state index contributed by atoms with van der Waals surface area (Å²) in [5, 5.41) is 20.6. The molecule has 3 N–H and O–H groups in total. The average molecular weight is 459 g/mol. The Kier molecular flexibility index (Phi) is 3.98. The first-order valence-electron chi connectivity index (χ1n) is 10.1. The second kappa shape index (κ2) is 6.46. The number of carboxylic acids is 1. The number of phenolic OH excluding ortho intramolecular Hbond substituents is 1. The van der Waals surface area contributed by atoms with Crippen molar-refractivity contribution >= 4 is 40.9 Å². The minimum atomic E-state index is -1.20. The lowest BCUT2D eigenvalue weighted by molar-refractivity contribution is -0.149. The number of H-pyrrole nitrogens is 1. The summed E-state index contributed by atoms with van der Waals surface area (Å²) >= 11 is 2.69. The number of aromatic hydroxyl groups is 1. The number of carbonyl (C=O) groups excluding carboxylic acids is 2. The molecule has 0 spiro atoms. The summed E-state index contributed by atoms with van der Waals surface area (Å²) in [6, 6.07) is 7.06. The normalized spacial score (nSPS) is 35.2. The molecule has 2 saturated carbocycles. The van der Waals surface area contributed by atoms with Crippen molar-refractivity contribution in [3.8, 4) is 5.75 Å². The molecule has 31 heavy (non-hydrogen) atoms. The van der Waals surface area contributed by atoms with Gasteiger partial charge in [0.05, 0.1) is 16.9 Å². The highest BCUT2D eigenvalue weighted by Gasteiger charge is 2.69. The molecule has 3 fully saturated rings. The number of hydrogen-bond acceptors (Lipinski definition) is 7. The van der Waals surface area contributed by atoms with Gasteiger partial charge in [0, 0.05) is 21.6 Å².